The summed E-state index contributed by atoms with van der Waals surface area (Å²) in [6.07, 6.45) is 0.708. The highest BCUT2D eigenvalue weighted by molar-refractivity contribution is 5.96. The first kappa shape index (κ1) is 17.0. The van der Waals surface area contributed by atoms with Gasteiger partial charge in [-0.25, -0.2) is 0 Å². The smallest absolute Gasteiger partial charge is 0.357 e. The van der Waals surface area contributed by atoms with Gasteiger partial charge in [0.2, 0.25) is 0 Å². The Morgan fingerprint density at radius 1 is 1.35 bits per heavy atom. The molecule has 0 spiro atoms. The average Bonchev–Trinajstić information content (AvgIpc) is 2.55. The van der Waals surface area contributed by atoms with Gasteiger partial charge >= 0.3 is 11.2 Å². The molecule has 1 N–H and O–H groups in total. The van der Waals surface area contributed by atoms with Gasteiger partial charge in [-0.3, -0.25) is 14.9 Å². The molecule has 1 atom stereocenters. The van der Waals surface area contributed by atoms with Crippen LogP contribution in [0.5, 0.6) is 0 Å². The first-order valence-corrected chi connectivity index (χ1v) is 7.62. The van der Waals surface area contributed by atoms with E-state index >= 15 is 0 Å². The predicted octanol–water partition coefficient (Wildman–Crippen LogP) is 2.67. The number of rotatable bonds is 7. The Morgan fingerprint density at radius 3 is 2.65 bits per heavy atom. The van der Waals surface area contributed by atoms with Crippen molar-refractivity contribution in [3.63, 3.8) is 0 Å². The minimum atomic E-state index is -0.626. The molecule has 0 aliphatic carbocycles. The van der Waals surface area contributed by atoms with Gasteiger partial charge in [-0.2, -0.15) is 0 Å². The number of hydrogen-bond donors (Lipinski definition) is 1. The van der Waals surface area contributed by atoms with Crippen LogP contribution in [0.3, 0.4) is 0 Å². The number of nitrogens with one attached hydrogen (secondary N) is 1. The van der Waals surface area contributed by atoms with Gasteiger partial charge < -0.3 is 14.6 Å². The summed E-state index contributed by atoms with van der Waals surface area (Å²) in [5.74, 6) is 0. The second-order valence-electron chi connectivity index (χ2n) is 5.23. The van der Waals surface area contributed by atoms with Crippen molar-refractivity contribution in [2.75, 3.05) is 18.5 Å². The van der Waals surface area contributed by atoms with E-state index in [1.165, 1.54) is 11.6 Å². The average molecular weight is 319 g/mol. The summed E-state index contributed by atoms with van der Waals surface area (Å²) in [6, 6.07) is 7.13. The van der Waals surface area contributed by atoms with Crippen molar-refractivity contribution in [2.45, 2.75) is 26.4 Å². The minimum absolute atomic E-state index is 0.0672. The van der Waals surface area contributed by atoms with Crippen molar-refractivity contribution in [3.05, 3.63) is 44.7 Å². The SMILES string of the molecule is CCO[C@H](CC)CNc1c([N+](=O)[O-])c(=O)n(C)c2ccccc12. The number of benzene rings is 1. The molecule has 2 aromatic rings. The molecule has 2 rings (SSSR count). The largest absolute Gasteiger partial charge is 0.377 e. The van der Waals surface area contributed by atoms with Crippen LogP contribution >= 0.6 is 0 Å². The van der Waals surface area contributed by atoms with E-state index in [9.17, 15) is 14.9 Å². The van der Waals surface area contributed by atoms with Crippen molar-refractivity contribution in [3.8, 4) is 0 Å². The molecular weight excluding hydrogens is 298 g/mol. The molecule has 0 aliphatic heterocycles. The zero-order chi connectivity index (χ0) is 17.0. The number of aryl methyl sites for hydroxylation is 1. The fourth-order valence-electron chi connectivity index (χ4n) is 2.60. The Bertz CT molecular complexity index is 770. The Kier molecular flexibility index (Phi) is 5.33. The molecule has 0 unspecified atom stereocenters. The summed E-state index contributed by atoms with van der Waals surface area (Å²) in [5.41, 5.74) is -0.153. The summed E-state index contributed by atoms with van der Waals surface area (Å²) in [6.45, 7) is 4.86. The molecular formula is C16H21N3O4. The molecule has 0 saturated carbocycles. The van der Waals surface area contributed by atoms with Crippen molar-refractivity contribution in [2.24, 2.45) is 7.05 Å². The lowest BCUT2D eigenvalue weighted by atomic mass is 10.1. The van der Waals surface area contributed by atoms with Gasteiger partial charge in [-0.1, -0.05) is 25.1 Å². The van der Waals surface area contributed by atoms with Crippen LogP contribution in [0, 0.1) is 10.1 Å². The van der Waals surface area contributed by atoms with Crippen LogP contribution < -0.4 is 10.9 Å². The minimum Gasteiger partial charge on any atom is -0.377 e. The summed E-state index contributed by atoms with van der Waals surface area (Å²) < 4.78 is 6.87. The molecule has 0 fully saturated rings. The molecule has 7 nitrogen and oxygen atoms in total. The first-order chi connectivity index (χ1) is 11.0. The Labute approximate surface area is 134 Å². The molecule has 0 radical (unpaired) electrons. The van der Waals surface area contributed by atoms with Crippen LogP contribution in [0.25, 0.3) is 10.9 Å². The molecule has 1 aromatic carbocycles. The number of nitrogens with zero attached hydrogens (tertiary/aromatic N) is 2. The van der Waals surface area contributed by atoms with Gasteiger partial charge in [0.15, 0.2) is 0 Å². The number of para-hydroxylation sites is 1. The molecule has 0 aliphatic rings. The Morgan fingerprint density at radius 2 is 2.04 bits per heavy atom. The molecule has 0 amide bonds. The predicted molar refractivity (Wildman–Crippen MR) is 90.0 cm³/mol. The highest BCUT2D eigenvalue weighted by atomic mass is 16.6. The van der Waals surface area contributed by atoms with E-state index in [-0.39, 0.29) is 11.8 Å². The fraction of sp³-hybridized carbons (Fsp3) is 0.438. The third-order valence-corrected chi connectivity index (χ3v) is 3.83. The topological polar surface area (TPSA) is 86.4 Å². The molecule has 124 valence electrons. The van der Waals surface area contributed by atoms with E-state index in [4.69, 9.17) is 4.74 Å². The maximum atomic E-state index is 12.3. The zero-order valence-corrected chi connectivity index (χ0v) is 13.5. The van der Waals surface area contributed by atoms with E-state index in [0.29, 0.717) is 24.1 Å². The Balaban J connectivity index is 2.56. The molecule has 1 heterocycles. The lowest BCUT2D eigenvalue weighted by Gasteiger charge is -2.18. The van der Waals surface area contributed by atoms with Crippen LogP contribution in [0.15, 0.2) is 29.1 Å². The van der Waals surface area contributed by atoms with Crippen LogP contribution in [-0.4, -0.2) is 28.7 Å². The van der Waals surface area contributed by atoms with Crippen molar-refractivity contribution in [1.29, 1.82) is 0 Å². The number of fused-ring (bicyclic) bond motifs is 1. The van der Waals surface area contributed by atoms with Crippen LogP contribution in [0.2, 0.25) is 0 Å². The van der Waals surface area contributed by atoms with Gasteiger partial charge in [0, 0.05) is 25.6 Å². The summed E-state index contributed by atoms with van der Waals surface area (Å²) in [7, 11) is 1.54. The van der Waals surface area contributed by atoms with Crippen molar-refractivity contribution < 1.29 is 9.66 Å². The van der Waals surface area contributed by atoms with Crippen LogP contribution in [-0.2, 0) is 11.8 Å². The van der Waals surface area contributed by atoms with Gasteiger partial charge in [-0.15, -0.1) is 0 Å². The molecule has 0 saturated heterocycles. The summed E-state index contributed by atoms with van der Waals surface area (Å²) in [4.78, 5) is 23.1. The fourth-order valence-corrected chi connectivity index (χ4v) is 2.60. The van der Waals surface area contributed by atoms with Crippen LogP contribution in [0.1, 0.15) is 20.3 Å². The third-order valence-electron chi connectivity index (χ3n) is 3.83. The number of ether oxygens (including phenoxy) is 1. The normalized spacial score (nSPS) is 12.3. The summed E-state index contributed by atoms with van der Waals surface area (Å²) >= 11 is 0. The lowest BCUT2D eigenvalue weighted by Crippen LogP contribution is -2.26. The quantitative estimate of drug-likeness (QED) is 0.626. The highest BCUT2D eigenvalue weighted by Gasteiger charge is 2.25. The van der Waals surface area contributed by atoms with E-state index in [1.807, 2.05) is 13.8 Å². The first-order valence-electron chi connectivity index (χ1n) is 7.62. The molecule has 23 heavy (non-hydrogen) atoms. The van der Waals surface area contributed by atoms with Crippen LogP contribution in [0.4, 0.5) is 11.4 Å². The molecule has 1 aromatic heterocycles. The molecule has 0 bridgehead atoms. The Hall–Kier alpha value is -2.41. The summed E-state index contributed by atoms with van der Waals surface area (Å²) in [5, 5.41) is 15.1. The van der Waals surface area contributed by atoms with Gasteiger partial charge in [0.1, 0.15) is 5.69 Å². The number of aromatic nitrogens is 1. The second kappa shape index (κ2) is 7.23. The standard InChI is InChI=1S/C16H21N3O4/c1-4-11(23-5-2)10-17-14-12-8-6-7-9-13(12)18(3)16(20)15(14)19(21)22/h6-9,11,17H,4-5,10H2,1-3H3/t11-/m1/s1. The number of anilines is 1. The highest BCUT2D eigenvalue weighted by Crippen LogP contribution is 2.29. The van der Waals surface area contributed by atoms with E-state index < -0.39 is 16.2 Å². The van der Waals surface area contributed by atoms with Crippen molar-refractivity contribution >= 4 is 22.3 Å². The van der Waals surface area contributed by atoms with Gasteiger partial charge in [0.25, 0.3) is 0 Å². The zero-order valence-electron chi connectivity index (χ0n) is 13.5. The van der Waals surface area contributed by atoms with E-state index in [2.05, 4.69) is 5.32 Å². The van der Waals surface area contributed by atoms with Crippen molar-refractivity contribution in [1.82, 2.24) is 4.57 Å². The maximum Gasteiger partial charge on any atom is 0.357 e. The van der Waals surface area contributed by atoms with Gasteiger partial charge in [0.05, 0.1) is 16.5 Å². The second-order valence-corrected chi connectivity index (χ2v) is 5.23. The van der Waals surface area contributed by atoms with E-state index in [1.54, 1.807) is 24.3 Å². The molecule has 7 heteroatoms. The monoisotopic (exact) mass is 319 g/mol. The lowest BCUT2D eigenvalue weighted by molar-refractivity contribution is -0.385. The third kappa shape index (κ3) is 3.34. The number of hydrogen-bond acceptors (Lipinski definition) is 5. The maximum absolute atomic E-state index is 12.3. The number of nitro groups is 1. The number of pyridine rings is 1. The van der Waals surface area contributed by atoms with E-state index in [0.717, 1.165) is 6.42 Å². The van der Waals surface area contributed by atoms with Gasteiger partial charge in [-0.05, 0) is 19.4 Å².